The summed E-state index contributed by atoms with van der Waals surface area (Å²) in [5, 5.41) is 11.0. The van der Waals surface area contributed by atoms with E-state index in [-0.39, 0.29) is 5.82 Å². The molecule has 2 aromatic rings. The molecule has 0 atom stereocenters. The van der Waals surface area contributed by atoms with Crippen LogP contribution in [-0.2, 0) is 0 Å². The molecule has 20 heavy (non-hydrogen) atoms. The zero-order valence-electron chi connectivity index (χ0n) is 11.8. The average molecular weight is 294 g/mol. The lowest BCUT2D eigenvalue weighted by Crippen LogP contribution is -2.41. The Morgan fingerprint density at radius 2 is 2.05 bits per heavy atom. The highest BCUT2D eigenvalue weighted by atomic mass is 32.1. The van der Waals surface area contributed by atoms with Gasteiger partial charge in [0.15, 0.2) is 5.13 Å². The summed E-state index contributed by atoms with van der Waals surface area (Å²) >= 11 is 1.54. The number of aromatic nitrogens is 1. The Bertz CT molecular complexity index is 612. The van der Waals surface area contributed by atoms with Crippen LogP contribution in [0.1, 0.15) is 26.7 Å². The van der Waals surface area contributed by atoms with Crippen molar-refractivity contribution in [1.29, 1.82) is 0 Å². The summed E-state index contributed by atoms with van der Waals surface area (Å²) in [5.74, 6) is 0.124. The number of aliphatic hydroxyl groups is 1. The van der Waals surface area contributed by atoms with Crippen LogP contribution in [0.2, 0.25) is 0 Å². The van der Waals surface area contributed by atoms with Gasteiger partial charge in [0.05, 0.1) is 15.8 Å². The standard InChI is InChI=1S/C15H19FN2OS/c1-15(2,19)10-5-7-18(8-6-10)14-17-12-4-3-11(16)9-13(12)20-14/h3-4,9-10,19H,5-8H2,1-2H3. The normalized spacial score (nSPS) is 17.9. The van der Waals surface area contributed by atoms with Crippen molar-refractivity contribution in [2.24, 2.45) is 5.92 Å². The van der Waals surface area contributed by atoms with Gasteiger partial charge in [-0.25, -0.2) is 9.37 Å². The van der Waals surface area contributed by atoms with E-state index in [0.29, 0.717) is 5.92 Å². The molecular weight excluding hydrogens is 275 g/mol. The SMILES string of the molecule is CC(C)(O)C1CCN(c2nc3ccc(F)cc3s2)CC1. The molecule has 1 fully saturated rings. The van der Waals surface area contributed by atoms with E-state index in [9.17, 15) is 9.50 Å². The minimum atomic E-state index is -0.608. The fourth-order valence-corrected chi connectivity index (χ4v) is 3.84. The molecule has 1 N–H and O–H groups in total. The fraction of sp³-hybridized carbons (Fsp3) is 0.533. The number of piperidine rings is 1. The van der Waals surface area contributed by atoms with Crippen molar-refractivity contribution in [2.45, 2.75) is 32.3 Å². The lowest BCUT2D eigenvalue weighted by Gasteiger charge is -2.37. The second-order valence-corrected chi connectivity index (χ2v) is 7.03. The molecule has 1 aromatic heterocycles. The molecule has 0 radical (unpaired) electrons. The quantitative estimate of drug-likeness (QED) is 0.922. The third-order valence-electron chi connectivity index (χ3n) is 4.10. The second kappa shape index (κ2) is 4.97. The van der Waals surface area contributed by atoms with Crippen LogP contribution in [0.5, 0.6) is 0 Å². The predicted octanol–water partition coefficient (Wildman–Crippen LogP) is 3.42. The zero-order chi connectivity index (χ0) is 14.3. The Hall–Kier alpha value is -1.20. The molecular formula is C15H19FN2OS. The smallest absolute Gasteiger partial charge is 0.186 e. The van der Waals surface area contributed by atoms with Gasteiger partial charge in [-0.1, -0.05) is 11.3 Å². The number of halogens is 1. The number of rotatable bonds is 2. The zero-order valence-corrected chi connectivity index (χ0v) is 12.6. The Balaban J connectivity index is 1.76. The molecule has 1 aromatic carbocycles. The maximum Gasteiger partial charge on any atom is 0.186 e. The number of thiazole rings is 1. The Labute approximate surface area is 122 Å². The van der Waals surface area contributed by atoms with Gasteiger partial charge in [-0.3, -0.25) is 0 Å². The van der Waals surface area contributed by atoms with E-state index >= 15 is 0 Å². The van der Waals surface area contributed by atoms with Crippen LogP contribution in [0, 0.1) is 11.7 Å². The van der Waals surface area contributed by atoms with Crippen molar-refractivity contribution >= 4 is 26.7 Å². The third kappa shape index (κ3) is 2.65. The van der Waals surface area contributed by atoms with Crippen molar-refractivity contribution in [2.75, 3.05) is 18.0 Å². The highest BCUT2D eigenvalue weighted by Gasteiger charge is 2.31. The summed E-state index contributed by atoms with van der Waals surface area (Å²) in [5.41, 5.74) is 0.249. The van der Waals surface area contributed by atoms with E-state index in [0.717, 1.165) is 41.3 Å². The maximum atomic E-state index is 13.2. The lowest BCUT2D eigenvalue weighted by molar-refractivity contribution is 0.00651. The largest absolute Gasteiger partial charge is 0.390 e. The van der Waals surface area contributed by atoms with Gasteiger partial charge in [0.2, 0.25) is 0 Å². The summed E-state index contributed by atoms with van der Waals surface area (Å²) in [7, 11) is 0. The Morgan fingerprint density at radius 3 is 2.70 bits per heavy atom. The van der Waals surface area contributed by atoms with Crippen LogP contribution >= 0.6 is 11.3 Å². The molecule has 1 aliphatic rings. The van der Waals surface area contributed by atoms with Gasteiger partial charge in [-0.15, -0.1) is 0 Å². The van der Waals surface area contributed by atoms with Crippen LogP contribution in [0.15, 0.2) is 18.2 Å². The minimum absolute atomic E-state index is 0.214. The number of benzene rings is 1. The van der Waals surface area contributed by atoms with Gasteiger partial charge in [0, 0.05) is 13.1 Å². The molecule has 0 aliphatic carbocycles. The van der Waals surface area contributed by atoms with Crippen molar-refractivity contribution in [1.82, 2.24) is 4.98 Å². The van der Waals surface area contributed by atoms with E-state index in [4.69, 9.17) is 0 Å². The lowest BCUT2D eigenvalue weighted by atomic mass is 9.83. The van der Waals surface area contributed by atoms with E-state index in [2.05, 4.69) is 9.88 Å². The first-order valence-corrected chi connectivity index (χ1v) is 7.78. The molecule has 0 unspecified atom stereocenters. The summed E-state index contributed by atoms with van der Waals surface area (Å²) < 4.78 is 14.1. The summed E-state index contributed by atoms with van der Waals surface area (Å²) in [6.45, 7) is 5.56. The molecule has 2 heterocycles. The number of nitrogens with zero attached hydrogens (tertiary/aromatic N) is 2. The topological polar surface area (TPSA) is 36.4 Å². The third-order valence-corrected chi connectivity index (χ3v) is 5.18. The van der Waals surface area contributed by atoms with E-state index in [1.54, 1.807) is 12.1 Å². The van der Waals surface area contributed by atoms with E-state index in [1.165, 1.54) is 17.4 Å². The average Bonchev–Trinajstić information content (AvgIpc) is 2.80. The molecule has 0 bridgehead atoms. The highest BCUT2D eigenvalue weighted by molar-refractivity contribution is 7.22. The fourth-order valence-electron chi connectivity index (χ4n) is 2.80. The Morgan fingerprint density at radius 1 is 1.35 bits per heavy atom. The highest BCUT2D eigenvalue weighted by Crippen LogP contribution is 2.34. The van der Waals surface area contributed by atoms with Crippen LogP contribution < -0.4 is 4.90 Å². The predicted molar refractivity (Wildman–Crippen MR) is 80.8 cm³/mol. The molecule has 108 valence electrons. The monoisotopic (exact) mass is 294 g/mol. The number of fused-ring (bicyclic) bond motifs is 1. The van der Waals surface area contributed by atoms with Gasteiger partial charge in [-0.05, 0) is 50.8 Å². The molecule has 3 nitrogen and oxygen atoms in total. The van der Waals surface area contributed by atoms with Gasteiger partial charge in [-0.2, -0.15) is 0 Å². The van der Waals surface area contributed by atoms with Crippen molar-refractivity contribution in [3.63, 3.8) is 0 Å². The summed E-state index contributed by atoms with van der Waals surface area (Å²) in [6, 6.07) is 4.72. The van der Waals surface area contributed by atoms with Crippen LogP contribution in [-0.4, -0.2) is 28.8 Å². The van der Waals surface area contributed by atoms with Gasteiger partial charge < -0.3 is 10.0 Å². The second-order valence-electron chi connectivity index (χ2n) is 6.02. The minimum Gasteiger partial charge on any atom is -0.390 e. The number of hydrogen-bond acceptors (Lipinski definition) is 4. The van der Waals surface area contributed by atoms with E-state index in [1.807, 2.05) is 13.8 Å². The van der Waals surface area contributed by atoms with Crippen molar-refractivity contribution in [3.05, 3.63) is 24.0 Å². The Kier molecular flexibility index (Phi) is 3.42. The van der Waals surface area contributed by atoms with Gasteiger partial charge in [0.1, 0.15) is 5.82 Å². The van der Waals surface area contributed by atoms with Crippen molar-refractivity contribution < 1.29 is 9.50 Å². The van der Waals surface area contributed by atoms with Gasteiger partial charge in [0.25, 0.3) is 0 Å². The molecule has 0 amide bonds. The molecule has 3 rings (SSSR count). The summed E-state index contributed by atoms with van der Waals surface area (Å²) in [6.07, 6.45) is 1.93. The molecule has 5 heteroatoms. The van der Waals surface area contributed by atoms with Crippen molar-refractivity contribution in [3.8, 4) is 0 Å². The van der Waals surface area contributed by atoms with Crippen LogP contribution in [0.3, 0.4) is 0 Å². The molecule has 0 spiro atoms. The maximum absolute atomic E-state index is 13.2. The van der Waals surface area contributed by atoms with Crippen LogP contribution in [0.25, 0.3) is 10.2 Å². The molecule has 1 aliphatic heterocycles. The van der Waals surface area contributed by atoms with Gasteiger partial charge >= 0.3 is 0 Å². The number of anilines is 1. The first-order chi connectivity index (χ1) is 9.43. The van der Waals surface area contributed by atoms with E-state index < -0.39 is 5.60 Å². The number of hydrogen-bond donors (Lipinski definition) is 1. The molecule has 0 saturated carbocycles. The summed E-state index contributed by atoms with van der Waals surface area (Å²) in [4.78, 5) is 6.82. The van der Waals surface area contributed by atoms with Crippen LogP contribution in [0.4, 0.5) is 9.52 Å². The first-order valence-electron chi connectivity index (χ1n) is 6.97. The molecule has 1 saturated heterocycles. The first kappa shape index (κ1) is 13.8.